The van der Waals surface area contributed by atoms with Crippen molar-refractivity contribution in [1.29, 1.82) is 0 Å². The minimum absolute atomic E-state index is 0.0819. The molecule has 1 amide bonds. The summed E-state index contributed by atoms with van der Waals surface area (Å²) in [7, 11) is 1.84. The predicted octanol–water partition coefficient (Wildman–Crippen LogP) is 1.02. The zero-order valence-electron chi connectivity index (χ0n) is 11.5. The normalized spacial score (nSPS) is 24.9. The number of nitrogens with one attached hydrogen (secondary N) is 1. The van der Waals surface area contributed by atoms with E-state index < -0.39 is 0 Å². The molecule has 0 bridgehead atoms. The van der Waals surface area contributed by atoms with Gasteiger partial charge in [0.15, 0.2) is 0 Å². The molecule has 0 aromatic carbocycles. The van der Waals surface area contributed by atoms with Crippen molar-refractivity contribution >= 4 is 5.91 Å². The number of likely N-dealkylation sites (tertiary alicyclic amines) is 1. The van der Waals surface area contributed by atoms with Crippen molar-refractivity contribution < 1.29 is 4.79 Å². The Kier molecular flexibility index (Phi) is 3.55. The number of nitrogens with zero attached hydrogens (tertiary/aromatic N) is 3. The first-order chi connectivity index (χ1) is 9.24. The van der Waals surface area contributed by atoms with Gasteiger partial charge < -0.3 is 10.2 Å². The minimum atomic E-state index is 0.0819. The maximum atomic E-state index is 12.3. The van der Waals surface area contributed by atoms with Crippen LogP contribution in [-0.2, 0) is 7.05 Å². The van der Waals surface area contributed by atoms with E-state index in [0.717, 1.165) is 38.4 Å². The number of carbonyl (C=O) groups excluding carboxylic acids is 1. The number of hydrogen-bond acceptors (Lipinski definition) is 3. The van der Waals surface area contributed by atoms with Crippen LogP contribution in [0.3, 0.4) is 0 Å². The molecule has 5 heteroatoms. The number of hydrogen-bond donors (Lipinski definition) is 1. The lowest BCUT2D eigenvalue weighted by atomic mass is 9.88. The average molecular weight is 262 g/mol. The van der Waals surface area contributed by atoms with Gasteiger partial charge in [-0.2, -0.15) is 5.10 Å². The number of aromatic nitrogens is 2. The largest absolute Gasteiger partial charge is 0.337 e. The molecule has 1 aromatic rings. The second kappa shape index (κ2) is 5.33. The van der Waals surface area contributed by atoms with Gasteiger partial charge in [0.1, 0.15) is 5.69 Å². The molecule has 0 aliphatic carbocycles. The van der Waals surface area contributed by atoms with Crippen molar-refractivity contribution in [2.24, 2.45) is 13.0 Å². The summed E-state index contributed by atoms with van der Waals surface area (Å²) in [5.41, 5.74) is 0.569. The van der Waals surface area contributed by atoms with Crippen LogP contribution >= 0.6 is 0 Å². The highest BCUT2D eigenvalue weighted by molar-refractivity contribution is 5.92. The maximum absolute atomic E-state index is 12.3. The Morgan fingerprint density at radius 3 is 2.74 bits per heavy atom. The molecule has 0 saturated carbocycles. The van der Waals surface area contributed by atoms with Gasteiger partial charge in [-0.3, -0.25) is 9.48 Å². The van der Waals surface area contributed by atoms with Gasteiger partial charge in [-0.05, 0) is 44.2 Å². The molecule has 5 nitrogen and oxygen atoms in total. The first-order valence-electron chi connectivity index (χ1n) is 7.26. The molecule has 1 aromatic heterocycles. The van der Waals surface area contributed by atoms with E-state index in [1.54, 1.807) is 10.7 Å². The van der Waals surface area contributed by atoms with Crippen molar-refractivity contribution in [1.82, 2.24) is 20.0 Å². The van der Waals surface area contributed by atoms with E-state index in [1.165, 1.54) is 12.8 Å². The van der Waals surface area contributed by atoms with E-state index in [4.69, 9.17) is 0 Å². The van der Waals surface area contributed by atoms with Crippen LogP contribution in [0.15, 0.2) is 12.3 Å². The fraction of sp³-hybridized carbons (Fsp3) is 0.714. The molecule has 104 valence electrons. The molecule has 2 aliphatic heterocycles. The van der Waals surface area contributed by atoms with Crippen molar-refractivity contribution in [2.75, 3.05) is 19.6 Å². The lowest BCUT2D eigenvalue weighted by Crippen LogP contribution is -2.43. The molecule has 19 heavy (non-hydrogen) atoms. The number of carbonyl (C=O) groups is 1. The summed E-state index contributed by atoms with van der Waals surface area (Å²) in [5, 5.41) is 7.78. The van der Waals surface area contributed by atoms with Gasteiger partial charge in [-0.1, -0.05) is 0 Å². The summed E-state index contributed by atoms with van der Waals surface area (Å²) in [6.45, 7) is 2.91. The van der Waals surface area contributed by atoms with Gasteiger partial charge >= 0.3 is 0 Å². The van der Waals surface area contributed by atoms with Crippen LogP contribution in [0.4, 0.5) is 0 Å². The third kappa shape index (κ3) is 2.66. The number of piperidine rings is 1. The van der Waals surface area contributed by atoms with Crippen LogP contribution < -0.4 is 5.32 Å². The summed E-state index contributed by atoms with van der Waals surface area (Å²) in [4.78, 5) is 14.2. The summed E-state index contributed by atoms with van der Waals surface area (Å²) in [6.07, 6.45) is 6.67. The molecule has 1 N–H and O–H groups in total. The molecule has 3 rings (SSSR count). The number of aryl methyl sites for hydroxylation is 1. The standard InChI is InChI=1S/C14H22N4O/c1-17-8-6-13(16-17)14(19)18-9-4-11(5-10-18)12-3-2-7-15-12/h6,8,11-12,15H,2-5,7,9-10H2,1H3. The van der Waals surface area contributed by atoms with Gasteiger partial charge in [-0.15, -0.1) is 0 Å². The Balaban J connectivity index is 1.56. The molecular formula is C14H22N4O. The van der Waals surface area contributed by atoms with E-state index in [2.05, 4.69) is 10.4 Å². The van der Waals surface area contributed by atoms with Crippen molar-refractivity contribution in [2.45, 2.75) is 31.7 Å². The summed E-state index contributed by atoms with van der Waals surface area (Å²) in [6, 6.07) is 2.49. The van der Waals surface area contributed by atoms with Crippen LogP contribution in [0.25, 0.3) is 0 Å². The van der Waals surface area contributed by atoms with Crippen LogP contribution in [0.5, 0.6) is 0 Å². The number of rotatable bonds is 2. The van der Waals surface area contributed by atoms with Crippen molar-refractivity contribution in [3.8, 4) is 0 Å². The van der Waals surface area contributed by atoms with Crippen LogP contribution in [-0.4, -0.2) is 46.3 Å². The van der Waals surface area contributed by atoms with E-state index in [9.17, 15) is 4.79 Å². The molecule has 2 aliphatic rings. The first kappa shape index (κ1) is 12.7. The van der Waals surface area contributed by atoms with Gasteiger partial charge in [0.25, 0.3) is 5.91 Å². The van der Waals surface area contributed by atoms with Crippen molar-refractivity contribution in [3.63, 3.8) is 0 Å². The highest BCUT2D eigenvalue weighted by Gasteiger charge is 2.30. The summed E-state index contributed by atoms with van der Waals surface area (Å²) >= 11 is 0. The zero-order chi connectivity index (χ0) is 13.2. The third-order valence-corrected chi connectivity index (χ3v) is 4.43. The molecule has 1 unspecified atom stereocenters. The number of amides is 1. The second-order valence-electron chi connectivity index (χ2n) is 5.71. The van der Waals surface area contributed by atoms with Crippen LogP contribution in [0, 0.1) is 5.92 Å². The molecular weight excluding hydrogens is 240 g/mol. The van der Waals surface area contributed by atoms with E-state index in [0.29, 0.717) is 11.7 Å². The molecule has 0 spiro atoms. The Morgan fingerprint density at radius 1 is 1.37 bits per heavy atom. The van der Waals surface area contributed by atoms with Crippen LogP contribution in [0.1, 0.15) is 36.2 Å². The minimum Gasteiger partial charge on any atom is -0.337 e. The van der Waals surface area contributed by atoms with Gasteiger partial charge in [0, 0.05) is 32.4 Å². The van der Waals surface area contributed by atoms with Gasteiger partial charge in [0.2, 0.25) is 0 Å². The lowest BCUT2D eigenvalue weighted by Gasteiger charge is -2.34. The highest BCUT2D eigenvalue weighted by atomic mass is 16.2. The fourth-order valence-corrected chi connectivity index (χ4v) is 3.31. The molecule has 1 atom stereocenters. The van der Waals surface area contributed by atoms with Gasteiger partial charge in [-0.25, -0.2) is 0 Å². The molecule has 0 radical (unpaired) electrons. The SMILES string of the molecule is Cn1ccc(C(=O)N2CCC(C3CCCN3)CC2)n1. The zero-order valence-corrected chi connectivity index (χ0v) is 11.5. The molecule has 2 fully saturated rings. The Morgan fingerprint density at radius 2 is 2.16 bits per heavy atom. The lowest BCUT2D eigenvalue weighted by molar-refractivity contribution is 0.0667. The topological polar surface area (TPSA) is 50.2 Å². The Bertz CT molecular complexity index is 442. The van der Waals surface area contributed by atoms with Gasteiger partial charge in [0.05, 0.1) is 0 Å². The third-order valence-electron chi connectivity index (χ3n) is 4.43. The van der Waals surface area contributed by atoms with Crippen LogP contribution in [0.2, 0.25) is 0 Å². The molecule has 2 saturated heterocycles. The Labute approximate surface area is 114 Å². The quantitative estimate of drug-likeness (QED) is 0.866. The van der Waals surface area contributed by atoms with E-state index >= 15 is 0 Å². The second-order valence-corrected chi connectivity index (χ2v) is 5.71. The predicted molar refractivity (Wildman–Crippen MR) is 72.9 cm³/mol. The summed E-state index contributed by atoms with van der Waals surface area (Å²) in [5.74, 6) is 0.828. The van der Waals surface area contributed by atoms with E-state index in [1.807, 2.05) is 18.1 Å². The monoisotopic (exact) mass is 262 g/mol. The molecule has 3 heterocycles. The van der Waals surface area contributed by atoms with E-state index in [-0.39, 0.29) is 5.91 Å². The maximum Gasteiger partial charge on any atom is 0.274 e. The highest BCUT2D eigenvalue weighted by Crippen LogP contribution is 2.26. The smallest absolute Gasteiger partial charge is 0.274 e. The summed E-state index contributed by atoms with van der Waals surface area (Å²) < 4.78 is 1.68. The van der Waals surface area contributed by atoms with Crippen molar-refractivity contribution in [3.05, 3.63) is 18.0 Å². The Hall–Kier alpha value is -1.36. The first-order valence-corrected chi connectivity index (χ1v) is 7.26. The average Bonchev–Trinajstić information content (AvgIpc) is 3.09. The fourth-order valence-electron chi connectivity index (χ4n) is 3.31.